The number of hydrogen-bond donors (Lipinski definition) is 1. The van der Waals surface area contributed by atoms with Crippen LogP contribution < -0.4 is 5.32 Å². The van der Waals surface area contributed by atoms with Crippen molar-refractivity contribution in [3.05, 3.63) is 69.7 Å². The summed E-state index contributed by atoms with van der Waals surface area (Å²) in [7, 11) is 0. The standard InChI is InChI=1S/C20H21Cl2NO/c1-19(2,3)23-18(24)17-12-20(17,13-4-8-15(21)9-5-13)14-6-10-16(22)11-7-14/h4-11,17H,12H2,1-3H3,(H,23,24)/t17-/m1/s1. The van der Waals surface area contributed by atoms with E-state index >= 15 is 0 Å². The Morgan fingerprint density at radius 3 is 1.75 bits per heavy atom. The summed E-state index contributed by atoms with van der Waals surface area (Å²) < 4.78 is 0. The Morgan fingerprint density at radius 2 is 1.38 bits per heavy atom. The molecule has 1 saturated carbocycles. The van der Waals surface area contributed by atoms with Crippen molar-refractivity contribution in [2.45, 2.75) is 38.1 Å². The number of carbonyl (C=O) groups excluding carboxylic acids is 1. The molecule has 0 spiro atoms. The molecule has 1 amide bonds. The van der Waals surface area contributed by atoms with Crippen LogP contribution in [0.15, 0.2) is 48.5 Å². The summed E-state index contributed by atoms with van der Waals surface area (Å²) >= 11 is 12.1. The van der Waals surface area contributed by atoms with Crippen molar-refractivity contribution in [2.24, 2.45) is 5.92 Å². The van der Waals surface area contributed by atoms with E-state index in [1.165, 1.54) is 0 Å². The molecule has 24 heavy (non-hydrogen) atoms. The van der Waals surface area contributed by atoms with E-state index in [9.17, 15) is 4.79 Å². The number of rotatable bonds is 3. The number of hydrogen-bond acceptors (Lipinski definition) is 1. The van der Waals surface area contributed by atoms with Crippen molar-refractivity contribution in [1.82, 2.24) is 5.32 Å². The zero-order chi connectivity index (χ0) is 17.5. The van der Waals surface area contributed by atoms with Crippen molar-refractivity contribution < 1.29 is 4.79 Å². The molecule has 2 aromatic carbocycles. The van der Waals surface area contributed by atoms with Crippen LogP contribution in [0.1, 0.15) is 38.3 Å². The molecule has 4 heteroatoms. The summed E-state index contributed by atoms with van der Waals surface area (Å²) in [4.78, 5) is 12.8. The second kappa shape index (κ2) is 6.09. The van der Waals surface area contributed by atoms with Crippen LogP contribution in [0.25, 0.3) is 0 Å². The highest BCUT2D eigenvalue weighted by atomic mass is 35.5. The van der Waals surface area contributed by atoms with Gasteiger partial charge in [0.1, 0.15) is 0 Å². The highest BCUT2D eigenvalue weighted by molar-refractivity contribution is 6.30. The molecule has 0 unspecified atom stereocenters. The first-order valence-electron chi connectivity index (χ1n) is 8.06. The van der Waals surface area contributed by atoms with Crippen LogP contribution in [0.2, 0.25) is 10.0 Å². The molecule has 0 radical (unpaired) electrons. The van der Waals surface area contributed by atoms with Crippen LogP contribution in [-0.4, -0.2) is 11.4 Å². The van der Waals surface area contributed by atoms with E-state index in [1.807, 2.05) is 69.3 Å². The Kier molecular flexibility index (Phi) is 4.39. The minimum Gasteiger partial charge on any atom is -0.351 e. The molecule has 2 aromatic rings. The fraction of sp³-hybridized carbons (Fsp3) is 0.350. The van der Waals surface area contributed by atoms with Crippen molar-refractivity contribution in [2.75, 3.05) is 0 Å². The summed E-state index contributed by atoms with van der Waals surface area (Å²) in [5.41, 5.74) is 1.68. The summed E-state index contributed by atoms with van der Waals surface area (Å²) in [5, 5.41) is 4.50. The van der Waals surface area contributed by atoms with Gasteiger partial charge in [0, 0.05) is 21.0 Å². The van der Waals surface area contributed by atoms with Gasteiger partial charge in [-0.15, -0.1) is 0 Å². The Hall–Kier alpha value is -1.51. The van der Waals surface area contributed by atoms with Gasteiger partial charge in [0.25, 0.3) is 0 Å². The van der Waals surface area contributed by atoms with Crippen LogP contribution in [0.5, 0.6) is 0 Å². The summed E-state index contributed by atoms with van der Waals surface area (Å²) in [6, 6.07) is 15.6. The van der Waals surface area contributed by atoms with E-state index in [4.69, 9.17) is 23.2 Å². The smallest absolute Gasteiger partial charge is 0.224 e. The average molecular weight is 362 g/mol. The normalized spacial score (nSPS) is 19.0. The second-order valence-corrected chi connectivity index (χ2v) is 8.35. The first-order chi connectivity index (χ1) is 11.2. The summed E-state index contributed by atoms with van der Waals surface area (Å²) in [6.07, 6.45) is 0.790. The predicted molar refractivity (Wildman–Crippen MR) is 99.7 cm³/mol. The van der Waals surface area contributed by atoms with Crippen molar-refractivity contribution >= 4 is 29.1 Å². The maximum absolute atomic E-state index is 12.8. The van der Waals surface area contributed by atoms with Crippen LogP contribution >= 0.6 is 23.2 Å². The van der Waals surface area contributed by atoms with Crippen molar-refractivity contribution in [3.8, 4) is 0 Å². The number of halogens is 2. The van der Waals surface area contributed by atoms with Crippen LogP contribution in [0.3, 0.4) is 0 Å². The summed E-state index contributed by atoms with van der Waals surface area (Å²) in [6.45, 7) is 6.00. The molecular formula is C20H21Cl2NO. The van der Waals surface area contributed by atoms with Crippen molar-refractivity contribution in [3.63, 3.8) is 0 Å². The second-order valence-electron chi connectivity index (χ2n) is 7.48. The topological polar surface area (TPSA) is 29.1 Å². The van der Waals surface area contributed by atoms with E-state index < -0.39 is 0 Å². The van der Waals surface area contributed by atoms with Crippen LogP contribution in [-0.2, 0) is 10.2 Å². The lowest BCUT2D eigenvalue weighted by Crippen LogP contribution is -2.42. The highest BCUT2D eigenvalue weighted by Crippen LogP contribution is 2.59. The first kappa shape index (κ1) is 17.3. The molecule has 0 saturated heterocycles. The molecule has 0 heterocycles. The summed E-state index contributed by atoms with van der Waals surface area (Å²) in [5.74, 6) is 0.00600. The molecule has 1 atom stereocenters. The maximum Gasteiger partial charge on any atom is 0.224 e. The zero-order valence-electron chi connectivity index (χ0n) is 14.1. The third-order valence-electron chi connectivity index (χ3n) is 4.49. The molecule has 1 N–H and O–H groups in total. The van der Waals surface area contributed by atoms with Crippen LogP contribution in [0.4, 0.5) is 0 Å². The van der Waals surface area contributed by atoms with Crippen molar-refractivity contribution in [1.29, 1.82) is 0 Å². The fourth-order valence-electron chi connectivity index (χ4n) is 3.34. The largest absolute Gasteiger partial charge is 0.351 e. The lowest BCUT2D eigenvalue weighted by Gasteiger charge is -2.23. The van der Waals surface area contributed by atoms with E-state index in [-0.39, 0.29) is 22.8 Å². The molecule has 2 nitrogen and oxygen atoms in total. The van der Waals surface area contributed by atoms with Gasteiger partial charge in [0.05, 0.1) is 5.92 Å². The molecule has 3 rings (SSSR count). The predicted octanol–water partition coefficient (Wildman–Crippen LogP) is 5.21. The van der Waals surface area contributed by atoms with Gasteiger partial charge < -0.3 is 5.32 Å². The van der Waals surface area contributed by atoms with Gasteiger partial charge in [-0.1, -0.05) is 47.5 Å². The number of benzene rings is 2. The monoisotopic (exact) mass is 361 g/mol. The highest BCUT2D eigenvalue weighted by Gasteiger charge is 2.60. The molecule has 1 aliphatic rings. The minimum atomic E-state index is -0.301. The van der Waals surface area contributed by atoms with Gasteiger partial charge in [0.15, 0.2) is 0 Å². The van der Waals surface area contributed by atoms with Gasteiger partial charge in [-0.3, -0.25) is 4.79 Å². The molecule has 0 aliphatic heterocycles. The number of amides is 1. The molecule has 1 aliphatic carbocycles. The van der Waals surface area contributed by atoms with Gasteiger partial charge in [-0.05, 0) is 62.6 Å². The van der Waals surface area contributed by atoms with Gasteiger partial charge >= 0.3 is 0 Å². The van der Waals surface area contributed by atoms with E-state index in [0.717, 1.165) is 17.5 Å². The lowest BCUT2D eigenvalue weighted by molar-refractivity contribution is -0.124. The Balaban J connectivity index is 1.99. The first-order valence-corrected chi connectivity index (χ1v) is 8.82. The fourth-order valence-corrected chi connectivity index (χ4v) is 3.59. The Labute approximate surface area is 153 Å². The van der Waals surface area contributed by atoms with Gasteiger partial charge in [-0.25, -0.2) is 0 Å². The van der Waals surface area contributed by atoms with Gasteiger partial charge in [0.2, 0.25) is 5.91 Å². The van der Waals surface area contributed by atoms with E-state index in [2.05, 4.69) is 5.32 Å². The maximum atomic E-state index is 12.8. The van der Waals surface area contributed by atoms with Gasteiger partial charge in [-0.2, -0.15) is 0 Å². The average Bonchev–Trinajstić information content (AvgIpc) is 3.24. The molecule has 0 bridgehead atoms. The quantitative estimate of drug-likeness (QED) is 0.798. The zero-order valence-corrected chi connectivity index (χ0v) is 15.6. The van der Waals surface area contributed by atoms with E-state index in [1.54, 1.807) is 0 Å². The lowest BCUT2D eigenvalue weighted by atomic mass is 9.85. The molecule has 1 fully saturated rings. The van der Waals surface area contributed by atoms with E-state index in [0.29, 0.717) is 10.0 Å². The third kappa shape index (κ3) is 3.31. The van der Waals surface area contributed by atoms with Crippen LogP contribution in [0, 0.1) is 5.92 Å². The number of nitrogens with one attached hydrogen (secondary N) is 1. The Morgan fingerprint density at radius 1 is 0.958 bits per heavy atom. The molecule has 126 valence electrons. The molecular weight excluding hydrogens is 341 g/mol. The third-order valence-corrected chi connectivity index (χ3v) is 5.00. The Bertz CT molecular complexity index is 699. The molecule has 0 aromatic heterocycles. The SMILES string of the molecule is CC(C)(C)NC(=O)[C@H]1CC1(c1ccc(Cl)cc1)c1ccc(Cl)cc1. The minimum absolute atomic E-state index is 0.0842. The number of carbonyl (C=O) groups is 1.